The number of rotatable bonds is 5. The number of hydrogen-bond donors (Lipinski definition) is 1. The average Bonchev–Trinajstić information content (AvgIpc) is 3.07. The van der Waals surface area contributed by atoms with Crippen molar-refractivity contribution in [1.29, 1.82) is 0 Å². The van der Waals surface area contributed by atoms with Gasteiger partial charge in [0.15, 0.2) is 5.78 Å². The molecule has 1 aliphatic heterocycles. The minimum atomic E-state index is -0.381. The molecule has 0 spiro atoms. The van der Waals surface area contributed by atoms with Crippen LogP contribution in [0.2, 0.25) is 0 Å². The van der Waals surface area contributed by atoms with E-state index in [-0.39, 0.29) is 11.8 Å². The lowest BCUT2D eigenvalue weighted by Crippen LogP contribution is -2.40. The van der Waals surface area contributed by atoms with Crippen molar-refractivity contribution < 1.29 is 14.3 Å². The second-order valence-electron chi connectivity index (χ2n) is 5.40. The van der Waals surface area contributed by atoms with Gasteiger partial charge in [0.1, 0.15) is 11.8 Å². The van der Waals surface area contributed by atoms with Crippen molar-refractivity contribution in [3.05, 3.63) is 54.2 Å². The Hall–Kier alpha value is -2.86. The molecule has 1 N–H and O–H groups in total. The maximum Gasteiger partial charge on any atom is 0.213 e. The van der Waals surface area contributed by atoms with Crippen molar-refractivity contribution in [2.45, 2.75) is 13.0 Å². The van der Waals surface area contributed by atoms with Crippen LogP contribution in [0.4, 0.5) is 5.69 Å². The second kappa shape index (κ2) is 6.72. The molecule has 24 heavy (non-hydrogen) atoms. The molecule has 1 aromatic carbocycles. The Morgan fingerprint density at radius 1 is 1.21 bits per heavy atom. The van der Waals surface area contributed by atoms with Gasteiger partial charge in [-0.3, -0.25) is 9.80 Å². The molecule has 1 atom stereocenters. The van der Waals surface area contributed by atoms with E-state index < -0.39 is 0 Å². The number of ether oxygens (including phenoxy) is 2. The number of carbonyl (C=O) groups excluding carboxylic acids is 1. The Kier molecular flexibility index (Phi) is 4.48. The lowest BCUT2D eigenvalue weighted by Gasteiger charge is -2.23. The molecule has 3 rings (SSSR count). The third-order valence-electron chi connectivity index (χ3n) is 3.83. The topological polar surface area (TPSA) is 63.7 Å². The van der Waals surface area contributed by atoms with Gasteiger partial charge in [-0.05, 0) is 31.2 Å². The van der Waals surface area contributed by atoms with Gasteiger partial charge in [0.05, 0.1) is 31.8 Å². The molecule has 0 amide bonds. The lowest BCUT2D eigenvalue weighted by atomic mass is 10.1. The summed E-state index contributed by atoms with van der Waals surface area (Å²) in [6.45, 7) is 1.56. The summed E-state index contributed by atoms with van der Waals surface area (Å²) in [4.78, 5) is 16.1. The summed E-state index contributed by atoms with van der Waals surface area (Å²) >= 11 is 0. The molecule has 1 aliphatic rings. The maximum absolute atomic E-state index is 11.8. The van der Waals surface area contributed by atoms with Crippen LogP contribution in [0, 0.1) is 0 Å². The molecule has 1 unspecified atom stereocenters. The molecule has 1 aromatic heterocycles. The van der Waals surface area contributed by atoms with Crippen molar-refractivity contribution in [2.24, 2.45) is 0 Å². The van der Waals surface area contributed by atoms with Crippen LogP contribution in [0.25, 0.3) is 5.70 Å². The first-order valence-electron chi connectivity index (χ1n) is 7.55. The fraction of sp³-hybridized carbons (Fsp3) is 0.222. The number of methoxy groups -OCH3 is 2. The average molecular weight is 325 g/mol. The smallest absolute Gasteiger partial charge is 0.213 e. The molecule has 124 valence electrons. The number of aromatic nitrogens is 1. The van der Waals surface area contributed by atoms with Crippen LogP contribution >= 0.6 is 0 Å². The summed E-state index contributed by atoms with van der Waals surface area (Å²) in [5.41, 5.74) is 5.84. The first-order valence-corrected chi connectivity index (χ1v) is 7.55. The number of benzene rings is 1. The van der Waals surface area contributed by atoms with Gasteiger partial charge in [0.25, 0.3) is 0 Å². The molecule has 6 nitrogen and oxygen atoms in total. The monoisotopic (exact) mass is 325 g/mol. The Morgan fingerprint density at radius 2 is 2.04 bits per heavy atom. The fourth-order valence-electron chi connectivity index (χ4n) is 2.53. The summed E-state index contributed by atoms with van der Waals surface area (Å²) < 4.78 is 10.4. The number of nitrogens with one attached hydrogen (secondary N) is 1. The SMILES string of the molecule is COc1cccc(C2=CC(C(C)=O)NN2c2ccc(OC)nc2)c1. The van der Waals surface area contributed by atoms with Crippen LogP contribution < -0.4 is 19.9 Å². The molecular weight excluding hydrogens is 306 g/mol. The number of pyridine rings is 1. The fourth-order valence-corrected chi connectivity index (χ4v) is 2.53. The van der Waals surface area contributed by atoms with E-state index in [4.69, 9.17) is 9.47 Å². The summed E-state index contributed by atoms with van der Waals surface area (Å²) in [6.07, 6.45) is 3.60. The first-order chi connectivity index (χ1) is 11.6. The second-order valence-corrected chi connectivity index (χ2v) is 5.40. The number of Topliss-reactive ketones (excluding diaryl/α,β-unsaturated/α-hetero) is 1. The molecule has 2 aromatic rings. The summed E-state index contributed by atoms with van der Waals surface area (Å²) in [5.74, 6) is 1.33. The van der Waals surface area contributed by atoms with Crippen molar-refractivity contribution >= 4 is 17.2 Å². The number of anilines is 1. The van der Waals surface area contributed by atoms with E-state index in [1.807, 2.05) is 41.4 Å². The van der Waals surface area contributed by atoms with Crippen LogP contribution in [0.3, 0.4) is 0 Å². The number of carbonyl (C=O) groups is 1. The minimum absolute atomic E-state index is 0.0411. The first kappa shape index (κ1) is 16.0. The zero-order valence-corrected chi connectivity index (χ0v) is 13.8. The zero-order valence-electron chi connectivity index (χ0n) is 13.8. The highest BCUT2D eigenvalue weighted by Crippen LogP contribution is 2.31. The van der Waals surface area contributed by atoms with Crippen molar-refractivity contribution in [3.8, 4) is 11.6 Å². The Balaban J connectivity index is 2.00. The summed E-state index contributed by atoms with van der Waals surface area (Å²) in [5, 5.41) is 1.85. The Morgan fingerprint density at radius 3 is 2.67 bits per heavy atom. The Bertz CT molecular complexity index is 771. The lowest BCUT2D eigenvalue weighted by molar-refractivity contribution is -0.117. The number of hydrogen-bond acceptors (Lipinski definition) is 6. The van der Waals surface area contributed by atoms with E-state index in [2.05, 4.69) is 10.4 Å². The standard InChI is InChI=1S/C18H19N3O3/c1-12(22)16-10-17(13-5-4-6-15(9-13)23-2)21(20-16)14-7-8-18(24-3)19-11-14/h4-11,16,20H,1-3H3. The van der Waals surface area contributed by atoms with E-state index in [0.717, 1.165) is 22.7 Å². The van der Waals surface area contributed by atoms with Gasteiger partial charge in [-0.15, -0.1) is 0 Å². The van der Waals surface area contributed by atoms with Gasteiger partial charge >= 0.3 is 0 Å². The third kappa shape index (κ3) is 3.09. The van der Waals surface area contributed by atoms with Crippen molar-refractivity contribution in [3.63, 3.8) is 0 Å². The highest BCUT2D eigenvalue weighted by molar-refractivity contribution is 5.92. The van der Waals surface area contributed by atoms with Crippen LogP contribution in [0.5, 0.6) is 11.6 Å². The van der Waals surface area contributed by atoms with Gasteiger partial charge in [-0.1, -0.05) is 12.1 Å². The molecule has 0 radical (unpaired) electrons. The van der Waals surface area contributed by atoms with Crippen LogP contribution in [-0.2, 0) is 4.79 Å². The largest absolute Gasteiger partial charge is 0.497 e. The predicted octanol–water partition coefficient (Wildman–Crippen LogP) is 2.42. The molecule has 0 aliphatic carbocycles. The van der Waals surface area contributed by atoms with Gasteiger partial charge in [-0.2, -0.15) is 0 Å². The number of nitrogens with zero attached hydrogens (tertiary/aromatic N) is 2. The number of hydrazine groups is 1. The highest BCUT2D eigenvalue weighted by atomic mass is 16.5. The van der Waals surface area contributed by atoms with E-state index in [0.29, 0.717) is 5.88 Å². The normalized spacial score (nSPS) is 16.7. The summed E-state index contributed by atoms with van der Waals surface area (Å²) in [7, 11) is 3.20. The van der Waals surface area contributed by atoms with Gasteiger partial charge < -0.3 is 9.47 Å². The molecule has 0 fully saturated rings. The molecule has 2 heterocycles. The van der Waals surface area contributed by atoms with Crippen LogP contribution in [-0.4, -0.2) is 31.0 Å². The quantitative estimate of drug-likeness (QED) is 0.911. The van der Waals surface area contributed by atoms with E-state index in [9.17, 15) is 4.79 Å². The van der Waals surface area contributed by atoms with Gasteiger partial charge in [0.2, 0.25) is 5.88 Å². The van der Waals surface area contributed by atoms with Gasteiger partial charge in [-0.25, -0.2) is 10.4 Å². The van der Waals surface area contributed by atoms with E-state index in [1.165, 1.54) is 0 Å². The molecule has 0 bridgehead atoms. The molecular formula is C18H19N3O3. The van der Waals surface area contributed by atoms with Gasteiger partial charge in [0, 0.05) is 11.6 Å². The Labute approximate surface area is 140 Å². The third-order valence-corrected chi connectivity index (χ3v) is 3.83. The molecule has 0 saturated heterocycles. The predicted molar refractivity (Wildman–Crippen MR) is 91.8 cm³/mol. The summed E-state index contributed by atoms with van der Waals surface area (Å²) in [6, 6.07) is 11.0. The minimum Gasteiger partial charge on any atom is -0.497 e. The van der Waals surface area contributed by atoms with Crippen molar-refractivity contribution in [2.75, 3.05) is 19.2 Å². The van der Waals surface area contributed by atoms with Crippen LogP contribution in [0.1, 0.15) is 12.5 Å². The maximum atomic E-state index is 11.8. The molecule has 6 heteroatoms. The van der Waals surface area contributed by atoms with Crippen LogP contribution in [0.15, 0.2) is 48.7 Å². The molecule has 0 saturated carbocycles. The van der Waals surface area contributed by atoms with E-state index in [1.54, 1.807) is 33.4 Å². The van der Waals surface area contributed by atoms with Crippen molar-refractivity contribution in [1.82, 2.24) is 10.4 Å². The highest BCUT2D eigenvalue weighted by Gasteiger charge is 2.28. The zero-order chi connectivity index (χ0) is 17.1. The van der Waals surface area contributed by atoms with E-state index >= 15 is 0 Å². The number of ketones is 1.